The Labute approximate surface area is 187 Å². The van der Waals surface area contributed by atoms with Crippen LogP contribution >= 0.6 is 0 Å². The van der Waals surface area contributed by atoms with Gasteiger partial charge in [0.05, 0.1) is 6.61 Å². The molecule has 32 heavy (non-hydrogen) atoms. The van der Waals surface area contributed by atoms with Gasteiger partial charge in [-0.25, -0.2) is 0 Å². The van der Waals surface area contributed by atoms with E-state index in [4.69, 9.17) is 18.9 Å². The lowest BCUT2D eigenvalue weighted by molar-refractivity contribution is -0.141. The van der Waals surface area contributed by atoms with Gasteiger partial charge in [0.2, 0.25) is 0 Å². The highest BCUT2D eigenvalue weighted by Gasteiger charge is 2.19. The quantitative estimate of drug-likeness (QED) is 0.255. The van der Waals surface area contributed by atoms with Crippen LogP contribution in [0.25, 0.3) is 32.7 Å². The average molecular weight is 431 g/mol. The minimum Gasteiger partial charge on any atom is -0.491 e. The van der Waals surface area contributed by atoms with E-state index in [2.05, 4.69) is 30.3 Å². The first-order chi connectivity index (χ1) is 15.7. The van der Waals surface area contributed by atoms with Crippen LogP contribution in [0.5, 0.6) is 11.5 Å². The maximum atomic E-state index is 11.1. The smallest absolute Gasteiger partial charge is 0.302 e. The second-order valence-corrected chi connectivity index (χ2v) is 7.35. The maximum absolute atomic E-state index is 11.1. The molecule has 0 aliphatic rings. The molecule has 0 unspecified atom stereocenters. The van der Waals surface area contributed by atoms with E-state index in [9.17, 15) is 4.79 Å². The molecular weight excluding hydrogens is 404 g/mol. The van der Waals surface area contributed by atoms with E-state index in [-0.39, 0.29) is 19.2 Å². The summed E-state index contributed by atoms with van der Waals surface area (Å²) in [4.78, 5) is 11.1. The molecule has 0 saturated heterocycles. The van der Waals surface area contributed by atoms with Crippen molar-refractivity contribution >= 4 is 27.5 Å². The summed E-state index contributed by atoms with van der Waals surface area (Å²) in [6.45, 7) is 2.77. The van der Waals surface area contributed by atoms with Crippen molar-refractivity contribution in [1.29, 1.82) is 0 Å². The van der Waals surface area contributed by atoms with Crippen molar-refractivity contribution in [3.05, 3.63) is 72.8 Å². The van der Waals surface area contributed by atoms with Gasteiger partial charge in [-0.15, -0.1) is 0 Å². The van der Waals surface area contributed by atoms with Gasteiger partial charge < -0.3 is 18.9 Å². The molecule has 5 nitrogen and oxygen atoms in total. The largest absolute Gasteiger partial charge is 0.491 e. The lowest BCUT2D eigenvalue weighted by Crippen LogP contribution is -2.10. The van der Waals surface area contributed by atoms with E-state index in [1.54, 1.807) is 7.11 Å². The standard InChI is InChI=1S/C27H26O5/c1-19(28)30-17-18-32-25-14-12-21-8-4-6-10-23(21)27(25)26-22-9-5-3-7-20(22)11-13-24(26)31-16-15-29-2/h3-14H,15-18H2,1-2H3. The monoisotopic (exact) mass is 430 g/mol. The Balaban J connectivity index is 1.89. The molecule has 0 bridgehead atoms. The van der Waals surface area contributed by atoms with Crippen LogP contribution in [-0.4, -0.2) is 39.5 Å². The van der Waals surface area contributed by atoms with Crippen LogP contribution in [0.15, 0.2) is 72.8 Å². The molecule has 0 heterocycles. The van der Waals surface area contributed by atoms with E-state index < -0.39 is 0 Å². The minimum absolute atomic E-state index is 0.189. The van der Waals surface area contributed by atoms with Gasteiger partial charge in [-0.2, -0.15) is 0 Å². The van der Waals surface area contributed by atoms with Gasteiger partial charge in [0.1, 0.15) is 31.3 Å². The molecular formula is C27H26O5. The molecule has 0 saturated carbocycles. The zero-order chi connectivity index (χ0) is 22.3. The third kappa shape index (κ3) is 4.68. The summed E-state index contributed by atoms with van der Waals surface area (Å²) >= 11 is 0. The van der Waals surface area contributed by atoms with Crippen molar-refractivity contribution in [2.24, 2.45) is 0 Å². The summed E-state index contributed by atoms with van der Waals surface area (Å²) in [5.41, 5.74) is 1.92. The van der Waals surface area contributed by atoms with E-state index in [1.807, 2.05) is 42.5 Å². The first-order valence-corrected chi connectivity index (χ1v) is 10.6. The number of hydrogen-bond acceptors (Lipinski definition) is 5. The molecule has 0 amide bonds. The summed E-state index contributed by atoms with van der Waals surface area (Å²) in [6.07, 6.45) is 0. The molecule has 0 spiro atoms. The zero-order valence-electron chi connectivity index (χ0n) is 18.3. The minimum atomic E-state index is -0.324. The molecule has 5 heteroatoms. The van der Waals surface area contributed by atoms with Crippen molar-refractivity contribution < 1.29 is 23.7 Å². The van der Waals surface area contributed by atoms with E-state index in [0.29, 0.717) is 19.0 Å². The Morgan fingerprint density at radius 3 is 1.66 bits per heavy atom. The summed E-state index contributed by atoms with van der Waals surface area (Å²) < 4.78 is 22.5. The Hall–Kier alpha value is -3.57. The molecule has 0 aliphatic carbocycles. The second kappa shape index (κ2) is 10.2. The molecule has 0 fully saturated rings. The number of ether oxygens (including phenoxy) is 4. The number of carbonyl (C=O) groups excluding carboxylic acids is 1. The van der Waals surface area contributed by atoms with E-state index in [1.165, 1.54) is 6.92 Å². The SMILES string of the molecule is COCCOc1ccc2ccccc2c1-c1c(OCCOC(C)=O)ccc2ccccc12. The van der Waals surface area contributed by atoms with Crippen LogP contribution in [0, 0.1) is 0 Å². The number of hydrogen-bond donors (Lipinski definition) is 0. The number of esters is 1. The summed E-state index contributed by atoms with van der Waals surface area (Å²) in [6, 6.07) is 24.5. The lowest BCUT2D eigenvalue weighted by atomic mass is 9.92. The predicted octanol–water partition coefficient (Wildman–Crippen LogP) is 5.63. The normalized spacial score (nSPS) is 10.9. The Morgan fingerprint density at radius 1 is 0.656 bits per heavy atom. The summed E-state index contributed by atoms with van der Waals surface area (Å²) in [5.74, 6) is 1.15. The number of rotatable bonds is 9. The highest BCUT2D eigenvalue weighted by Crippen LogP contribution is 2.45. The van der Waals surface area contributed by atoms with Gasteiger partial charge in [0.15, 0.2) is 0 Å². The number of methoxy groups -OCH3 is 1. The van der Waals surface area contributed by atoms with Crippen molar-refractivity contribution in [3.63, 3.8) is 0 Å². The van der Waals surface area contributed by atoms with Gasteiger partial charge in [0, 0.05) is 25.2 Å². The Morgan fingerprint density at radius 2 is 1.16 bits per heavy atom. The number of benzene rings is 4. The lowest BCUT2D eigenvalue weighted by Gasteiger charge is -2.19. The van der Waals surface area contributed by atoms with Gasteiger partial charge in [-0.3, -0.25) is 4.79 Å². The summed E-state index contributed by atoms with van der Waals surface area (Å²) in [7, 11) is 1.66. The maximum Gasteiger partial charge on any atom is 0.302 e. The number of carbonyl (C=O) groups is 1. The highest BCUT2D eigenvalue weighted by atomic mass is 16.6. The third-order valence-electron chi connectivity index (χ3n) is 5.22. The van der Waals surface area contributed by atoms with Crippen LogP contribution in [0.3, 0.4) is 0 Å². The molecule has 164 valence electrons. The molecule has 4 aromatic rings. The Bertz CT molecular complexity index is 1230. The molecule has 0 N–H and O–H groups in total. The van der Waals surface area contributed by atoms with Crippen molar-refractivity contribution in [2.75, 3.05) is 33.5 Å². The zero-order valence-corrected chi connectivity index (χ0v) is 18.3. The predicted molar refractivity (Wildman–Crippen MR) is 126 cm³/mol. The van der Waals surface area contributed by atoms with Gasteiger partial charge in [0.25, 0.3) is 0 Å². The van der Waals surface area contributed by atoms with Crippen molar-refractivity contribution in [1.82, 2.24) is 0 Å². The fourth-order valence-electron chi connectivity index (χ4n) is 3.83. The van der Waals surface area contributed by atoms with Crippen LogP contribution in [-0.2, 0) is 14.3 Å². The molecule has 4 rings (SSSR count). The van der Waals surface area contributed by atoms with Gasteiger partial charge in [-0.1, -0.05) is 60.7 Å². The van der Waals surface area contributed by atoms with Gasteiger partial charge >= 0.3 is 5.97 Å². The number of fused-ring (bicyclic) bond motifs is 2. The van der Waals surface area contributed by atoms with Crippen molar-refractivity contribution in [3.8, 4) is 22.6 Å². The third-order valence-corrected chi connectivity index (χ3v) is 5.22. The molecule has 0 aliphatic heterocycles. The topological polar surface area (TPSA) is 54.0 Å². The second-order valence-electron chi connectivity index (χ2n) is 7.35. The average Bonchev–Trinajstić information content (AvgIpc) is 2.81. The summed E-state index contributed by atoms with van der Waals surface area (Å²) in [5, 5.41) is 4.35. The Kier molecular flexibility index (Phi) is 6.87. The molecule has 0 atom stereocenters. The van der Waals surface area contributed by atoms with E-state index in [0.717, 1.165) is 38.4 Å². The highest BCUT2D eigenvalue weighted by molar-refractivity contribution is 6.09. The first kappa shape index (κ1) is 21.7. The van der Waals surface area contributed by atoms with Crippen molar-refractivity contribution in [2.45, 2.75) is 6.92 Å². The fraction of sp³-hybridized carbons (Fsp3) is 0.222. The van der Waals surface area contributed by atoms with Gasteiger partial charge in [-0.05, 0) is 33.7 Å². The van der Waals surface area contributed by atoms with Crippen LogP contribution in [0.2, 0.25) is 0 Å². The van der Waals surface area contributed by atoms with Crippen LogP contribution in [0.1, 0.15) is 6.92 Å². The first-order valence-electron chi connectivity index (χ1n) is 10.6. The van der Waals surface area contributed by atoms with E-state index >= 15 is 0 Å². The molecule has 4 aromatic carbocycles. The fourth-order valence-corrected chi connectivity index (χ4v) is 3.83. The molecule has 0 radical (unpaired) electrons. The molecule has 0 aromatic heterocycles. The van der Waals surface area contributed by atoms with Crippen LogP contribution < -0.4 is 9.47 Å². The van der Waals surface area contributed by atoms with Crippen LogP contribution in [0.4, 0.5) is 0 Å².